The molecule has 35 heavy (non-hydrogen) atoms. The van der Waals surface area contributed by atoms with Crippen LogP contribution in [0.15, 0.2) is 51.6 Å². The Balaban J connectivity index is 1.16. The predicted octanol–water partition coefficient (Wildman–Crippen LogP) is 2.68. The van der Waals surface area contributed by atoms with Crippen molar-refractivity contribution in [3.05, 3.63) is 54.3 Å². The molecule has 1 atom stereocenters. The van der Waals surface area contributed by atoms with Crippen LogP contribution in [0.4, 0.5) is 0 Å². The molecule has 2 aromatic heterocycles. The topological polar surface area (TPSA) is 105 Å². The Bertz CT molecular complexity index is 1140. The molecule has 5 rings (SSSR count). The molecule has 3 aromatic rings. The maximum Gasteiger partial charge on any atom is 0.290 e. The fraction of sp³-hybridized carbons (Fsp3) is 0.440. The number of benzene rings is 1. The van der Waals surface area contributed by atoms with E-state index in [2.05, 4.69) is 15.0 Å². The van der Waals surface area contributed by atoms with Crippen molar-refractivity contribution in [2.45, 2.75) is 31.8 Å². The molecule has 10 heteroatoms. The summed E-state index contributed by atoms with van der Waals surface area (Å²) in [7, 11) is 1.63. The number of piperidine rings is 1. The molecule has 0 spiro atoms. The third kappa shape index (κ3) is 5.07. The fourth-order valence-corrected chi connectivity index (χ4v) is 4.68. The van der Waals surface area contributed by atoms with Crippen molar-refractivity contribution >= 4 is 11.8 Å². The molecule has 2 aliphatic heterocycles. The van der Waals surface area contributed by atoms with Crippen molar-refractivity contribution in [2.75, 3.05) is 39.8 Å². The minimum absolute atomic E-state index is 0.0174. The molecule has 1 unspecified atom stereocenters. The number of hydrogen-bond donors (Lipinski definition) is 0. The maximum atomic E-state index is 13.3. The number of carbonyl (C=O) groups is 2. The van der Waals surface area contributed by atoms with Crippen molar-refractivity contribution in [2.24, 2.45) is 0 Å². The van der Waals surface area contributed by atoms with Gasteiger partial charge in [0.1, 0.15) is 11.8 Å². The molecule has 2 fully saturated rings. The van der Waals surface area contributed by atoms with E-state index in [1.807, 2.05) is 29.2 Å². The van der Waals surface area contributed by atoms with Crippen LogP contribution in [0.2, 0.25) is 0 Å². The van der Waals surface area contributed by atoms with Crippen molar-refractivity contribution in [1.82, 2.24) is 24.8 Å². The molecule has 2 saturated heterocycles. The first-order valence-electron chi connectivity index (χ1n) is 11.9. The number of carbonyl (C=O) groups excluding carboxylic acids is 2. The quantitative estimate of drug-likeness (QED) is 0.531. The Morgan fingerprint density at radius 1 is 1.06 bits per heavy atom. The summed E-state index contributed by atoms with van der Waals surface area (Å²) >= 11 is 0. The smallest absolute Gasteiger partial charge is 0.290 e. The molecule has 2 amide bonds. The van der Waals surface area contributed by atoms with Gasteiger partial charge in [-0.3, -0.25) is 14.5 Å². The summed E-state index contributed by atoms with van der Waals surface area (Å²) in [5.74, 6) is 1.93. The minimum Gasteiger partial charge on any atom is -0.497 e. The lowest BCUT2D eigenvalue weighted by Crippen LogP contribution is -2.57. The van der Waals surface area contributed by atoms with Crippen LogP contribution in [0.1, 0.15) is 35.7 Å². The molecule has 0 radical (unpaired) electrons. The number of methoxy groups -OCH3 is 1. The van der Waals surface area contributed by atoms with Crippen LogP contribution in [0.3, 0.4) is 0 Å². The fourth-order valence-electron chi connectivity index (χ4n) is 4.68. The number of nitrogens with zero attached hydrogens (tertiary/aromatic N) is 5. The average molecular weight is 480 g/mol. The third-order valence-corrected chi connectivity index (χ3v) is 6.64. The summed E-state index contributed by atoms with van der Waals surface area (Å²) in [4.78, 5) is 36.5. The number of amides is 2. The van der Waals surface area contributed by atoms with Gasteiger partial charge >= 0.3 is 0 Å². The van der Waals surface area contributed by atoms with E-state index in [9.17, 15) is 9.59 Å². The van der Waals surface area contributed by atoms with E-state index >= 15 is 0 Å². The predicted molar refractivity (Wildman–Crippen MR) is 126 cm³/mol. The first kappa shape index (κ1) is 23.1. The number of aromatic nitrogens is 2. The summed E-state index contributed by atoms with van der Waals surface area (Å²) in [5, 5.41) is 4.09. The summed E-state index contributed by atoms with van der Waals surface area (Å²) in [5.41, 5.74) is 0.859. The molecule has 0 aliphatic carbocycles. The minimum atomic E-state index is -0.434. The number of hydrogen-bond acceptors (Lipinski definition) is 8. The van der Waals surface area contributed by atoms with E-state index in [1.165, 1.54) is 6.26 Å². The summed E-state index contributed by atoms with van der Waals surface area (Å²) < 4.78 is 15.9. The highest BCUT2D eigenvalue weighted by Crippen LogP contribution is 2.23. The van der Waals surface area contributed by atoms with Crippen LogP contribution in [0.25, 0.3) is 11.4 Å². The van der Waals surface area contributed by atoms with Crippen molar-refractivity contribution in [1.29, 1.82) is 0 Å². The second kappa shape index (κ2) is 10.3. The van der Waals surface area contributed by atoms with E-state index < -0.39 is 6.04 Å². The molecule has 184 valence electrons. The molecular weight excluding hydrogens is 450 g/mol. The lowest BCUT2D eigenvalue weighted by molar-refractivity contribution is -0.139. The van der Waals surface area contributed by atoms with E-state index in [0.29, 0.717) is 57.4 Å². The van der Waals surface area contributed by atoms with E-state index in [-0.39, 0.29) is 17.6 Å². The average Bonchev–Trinajstić information content (AvgIpc) is 3.61. The number of furan rings is 1. The van der Waals surface area contributed by atoms with Crippen LogP contribution in [0.5, 0.6) is 5.75 Å². The van der Waals surface area contributed by atoms with Gasteiger partial charge in [-0.2, -0.15) is 4.98 Å². The Hall–Kier alpha value is -3.66. The van der Waals surface area contributed by atoms with Gasteiger partial charge in [-0.05, 0) is 55.7 Å². The zero-order valence-electron chi connectivity index (χ0n) is 19.8. The highest BCUT2D eigenvalue weighted by atomic mass is 16.5. The van der Waals surface area contributed by atoms with Gasteiger partial charge in [0, 0.05) is 38.3 Å². The number of piperazine rings is 1. The van der Waals surface area contributed by atoms with E-state index in [0.717, 1.165) is 24.2 Å². The van der Waals surface area contributed by atoms with Crippen molar-refractivity contribution in [3.63, 3.8) is 0 Å². The Morgan fingerprint density at radius 3 is 2.57 bits per heavy atom. The van der Waals surface area contributed by atoms with Gasteiger partial charge in [-0.25, -0.2) is 0 Å². The SMILES string of the molecule is COc1ccc(-c2noc(CN3CCN(C(=O)C4CCCCN4C(=O)c4ccco4)CC3)n2)cc1. The molecule has 10 nitrogen and oxygen atoms in total. The van der Waals surface area contributed by atoms with Crippen LogP contribution >= 0.6 is 0 Å². The first-order valence-corrected chi connectivity index (χ1v) is 11.9. The summed E-state index contributed by atoms with van der Waals surface area (Å²) in [6.45, 7) is 3.69. The van der Waals surface area contributed by atoms with Gasteiger partial charge < -0.3 is 23.5 Å². The number of likely N-dealkylation sites (tertiary alicyclic amines) is 1. The molecule has 0 bridgehead atoms. The van der Waals surface area contributed by atoms with Crippen molar-refractivity contribution in [3.8, 4) is 17.1 Å². The molecular formula is C25H29N5O5. The lowest BCUT2D eigenvalue weighted by Gasteiger charge is -2.40. The molecule has 4 heterocycles. The van der Waals surface area contributed by atoms with E-state index in [1.54, 1.807) is 24.1 Å². The third-order valence-electron chi connectivity index (χ3n) is 6.64. The zero-order valence-corrected chi connectivity index (χ0v) is 19.8. The lowest BCUT2D eigenvalue weighted by atomic mass is 10.00. The van der Waals surface area contributed by atoms with Gasteiger partial charge in [0.05, 0.1) is 19.9 Å². The first-order chi connectivity index (χ1) is 17.1. The normalized spacial score (nSPS) is 19.1. The monoisotopic (exact) mass is 479 g/mol. The van der Waals surface area contributed by atoms with Gasteiger partial charge in [0.15, 0.2) is 5.76 Å². The zero-order chi connectivity index (χ0) is 24.2. The Labute approximate surface area is 203 Å². The van der Waals surface area contributed by atoms with E-state index in [4.69, 9.17) is 13.7 Å². The van der Waals surface area contributed by atoms with Gasteiger partial charge in [-0.15, -0.1) is 0 Å². The van der Waals surface area contributed by atoms with Crippen molar-refractivity contribution < 1.29 is 23.3 Å². The number of rotatable bonds is 6. The standard InChI is InChI=1S/C25H29N5O5/c1-33-19-9-7-18(8-10-19)23-26-22(35-27-23)17-28-12-14-29(15-13-28)24(31)20-5-2-3-11-30(20)25(32)21-6-4-16-34-21/h4,6-10,16,20H,2-3,5,11-15,17H2,1H3. The largest absolute Gasteiger partial charge is 0.497 e. The Morgan fingerprint density at radius 2 is 1.86 bits per heavy atom. The van der Waals surface area contributed by atoms with Crippen LogP contribution < -0.4 is 4.74 Å². The van der Waals surface area contributed by atoms with Gasteiger partial charge in [0.2, 0.25) is 17.6 Å². The highest BCUT2D eigenvalue weighted by Gasteiger charge is 2.37. The summed E-state index contributed by atoms with van der Waals surface area (Å²) in [6, 6.07) is 10.4. The van der Waals surface area contributed by atoms with Gasteiger partial charge in [-0.1, -0.05) is 5.16 Å². The number of ether oxygens (including phenoxy) is 1. The van der Waals surface area contributed by atoms with Crippen LogP contribution in [-0.2, 0) is 11.3 Å². The van der Waals surface area contributed by atoms with Crippen LogP contribution in [-0.4, -0.2) is 82.5 Å². The van der Waals surface area contributed by atoms with Gasteiger partial charge in [0.25, 0.3) is 5.91 Å². The molecule has 0 N–H and O–H groups in total. The van der Waals surface area contributed by atoms with Crippen LogP contribution in [0, 0.1) is 0 Å². The Kier molecular flexibility index (Phi) is 6.80. The second-order valence-electron chi connectivity index (χ2n) is 8.83. The molecule has 2 aliphatic rings. The summed E-state index contributed by atoms with van der Waals surface area (Å²) in [6.07, 6.45) is 4.00. The molecule has 1 aromatic carbocycles. The highest BCUT2D eigenvalue weighted by molar-refractivity contribution is 5.95. The molecule has 0 saturated carbocycles. The maximum absolute atomic E-state index is 13.3. The second-order valence-corrected chi connectivity index (χ2v) is 8.83.